The van der Waals surface area contributed by atoms with Gasteiger partial charge in [0, 0.05) is 18.8 Å². The normalized spacial score (nSPS) is 15.9. The smallest absolute Gasteiger partial charge is 0.253 e. The molecule has 1 aromatic carbocycles. The van der Waals surface area contributed by atoms with Gasteiger partial charge in [0.15, 0.2) is 0 Å². The number of carbonyl (C=O) groups excluding carboxylic acids is 1. The van der Waals surface area contributed by atoms with Crippen LogP contribution >= 0.6 is 0 Å². The van der Waals surface area contributed by atoms with E-state index in [-0.39, 0.29) is 5.91 Å². The molecule has 0 bridgehead atoms. The van der Waals surface area contributed by atoms with Gasteiger partial charge in [-0.15, -0.1) is 0 Å². The van der Waals surface area contributed by atoms with Crippen molar-refractivity contribution < 1.29 is 4.79 Å². The summed E-state index contributed by atoms with van der Waals surface area (Å²) in [5, 5.41) is 6.50. The van der Waals surface area contributed by atoms with Crippen molar-refractivity contribution in [1.82, 2.24) is 5.32 Å². The Hall–Kier alpha value is -1.51. The van der Waals surface area contributed by atoms with E-state index in [1.54, 1.807) is 0 Å². The van der Waals surface area contributed by atoms with Crippen LogP contribution in [0.15, 0.2) is 18.2 Å². The molecule has 3 nitrogen and oxygen atoms in total. The van der Waals surface area contributed by atoms with E-state index in [1.807, 2.05) is 12.1 Å². The second-order valence-electron chi connectivity index (χ2n) is 6.68. The molecule has 0 aliphatic heterocycles. The second-order valence-corrected chi connectivity index (χ2v) is 6.68. The van der Waals surface area contributed by atoms with Gasteiger partial charge in [0.1, 0.15) is 0 Å². The average molecular weight is 288 g/mol. The number of aryl methyl sites for hydroxylation is 1. The summed E-state index contributed by atoms with van der Waals surface area (Å²) in [6.07, 6.45) is 3.52. The summed E-state index contributed by atoms with van der Waals surface area (Å²) in [6, 6.07) is 5.99. The summed E-state index contributed by atoms with van der Waals surface area (Å²) < 4.78 is 0. The summed E-state index contributed by atoms with van der Waals surface area (Å²) in [6.45, 7) is 10.4. The highest BCUT2D eigenvalue weighted by Crippen LogP contribution is 2.51. The van der Waals surface area contributed by atoms with E-state index in [4.69, 9.17) is 0 Å². The Kier molecular flexibility index (Phi) is 4.92. The van der Waals surface area contributed by atoms with E-state index >= 15 is 0 Å². The number of rotatable bonds is 7. The average Bonchev–Trinajstić information content (AvgIpc) is 3.24. The first kappa shape index (κ1) is 15.9. The first-order chi connectivity index (χ1) is 9.98. The zero-order valence-corrected chi connectivity index (χ0v) is 13.8. The lowest BCUT2D eigenvalue weighted by molar-refractivity contribution is 0.0940. The lowest BCUT2D eigenvalue weighted by Gasteiger charge is -2.20. The Morgan fingerprint density at radius 3 is 2.62 bits per heavy atom. The van der Waals surface area contributed by atoms with Crippen LogP contribution in [0.4, 0.5) is 5.69 Å². The van der Waals surface area contributed by atoms with Crippen LogP contribution in [0.2, 0.25) is 0 Å². The van der Waals surface area contributed by atoms with Crippen LogP contribution in [0.3, 0.4) is 0 Å². The molecule has 1 aromatic rings. The van der Waals surface area contributed by atoms with Crippen LogP contribution in [0.5, 0.6) is 0 Å². The molecule has 0 spiro atoms. The SMILES string of the molecule is CCCNc1cc(C)ccc1C(=O)NCC1(C(C)C)CC1. The highest BCUT2D eigenvalue weighted by Gasteiger charge is 2.45. The summed E-state index contributed by atoms with van der Waals surface area (Å²) in [5.41, 5.74) is 3.22. The predicted molar refractivity (Wildman–Crippen MR) is 88.8 cm³/mol. The van der Waals surface area contributed by atoms with Crippen LogP contribution in [-0.2, 0) is 0 Å². The maximum atomic E-state index is 12.5. The Balaban J connectivity index is 2.04. The molecule has 1 aliphatic carbocycles. The minimum absolute atomic E-state index is 0.0422. The summed E-state index contributed by atoms with van der Waals surface area (Å²) in [7, 11) is 0. The number of benzene rings is 1. The van der Waals surface area contributed by atoms with E-state index in [0.29, 0.717) is 11.3 Å². The zero-order valence-electron chi connectivity index (χ0n) is 13.8. The number of hydrogen-bond acceptors (Lipinski definition) is 2. The molecule has 0 aromatic heterocycles. The van der Waals surface area contributed by atoms with Gasteiger partial charge < -0.3 is 10.6 Å². The highest BCUT2D eigenvalue weighted by molar-refractivity contribution is 5.99. The number of hydrogen-bond donors (Lipinski definition) is 2. The Labute approximate surface area is 128 Å². The Morgan fingerprint density at radius 2 is 2.05 bits per heavy atom. The molecule has 21 heavy (non-hydrogen) atoms. The maximum Gasteiger partial charge on any atom is 0.253 e. The van der Waals surface area contributed by atoms with E-state index < -0.39 is 0 Å². The van der Waals surface area contributed by atoms with E-state index in [9.17, 15) is 4.79 Å². The van der Waals surface area contributed by atoms with Crippen LogP contribution in [0, 0.1) is 18.3 Å². The molecule has 1 amide bonds. The van der Waals surface area contributed by atoms with Crippen molar-refractivity contribution in [2.45, 2.75) is 47.0 Å². The van der Waals surface area contributed by atoms with Crippen LogP contribution < -0.4 is 10.6 Å². The third-order valence-corrected chi connectivity index (χ3v) is 4.70. The second kappa shape index (κ2) is 6.50. The number of anilines is 1. The number of nitrogens with one attached hydrogen (secondary N) is 2. The molecule has 1 saturated carbocycles. The maximum absolute atomic E-state index is 12.5. The molecule has 1 fully saturated rings. The number of carbonyl (C=O) groups is 1. The fourth-order valence-electron chi connectivity index (χ4n) is 2.73. The van der Waals surface area contributed by atoms with Crippen molar-refractivity contribution in [3.8, 4) is 0 Å². The summed E-state index contributed by atoms with van der Waals surface area (Å²) >= 11 is 0. The molecular weight excluding hydrogens is 260 g/mol. The third-order valence-electron chi connectivity index (χ3n) is 4.70. The van der Waals surface area contributed by atoms with Gasteiger partial charge in [0.2, 0.25) is 0 Å². The monoisotopic (exact) mass is 288 g/mol. The van der Waals surface area contributed by atoms with Gasteiger partial charge >= 0.3 is 0 Å². The fourth-order valence-corrected chi connectivity index (χ4v) is 2.73. The molecule has 2 N–H and O–H groups in total. The predicted octanol–water partition coefficient (Wildman–Crippen LogP) is 3.98. The largest absolute Gasteiger partial charge is 0.384 e. The summed E-state index contributed by atoms with van der Waals surface area (Å²) in [4.78, 5) is 12.5. The van der Waals surface area contributed by atoms with Gasteiger partial charge in [-0.05, 0) is 55.2 Å². The molecule has 1 aliphatic rings. The van der Waals surface area contributed by atoms with Crippen LogP contribution in [0.25, 0.3) is 0 Å². The first-order valence-corrected chi connectivity index (χ1v) is 8.11. The molecule has 2 rings (SSSR count). The molecule has 0 saturated heterocycles. The van der Waals surface area contributed by atoms with Gasteiger partial charge in [-0.2, -0.15) is 0 Å². The first-order valence-electron chi connectivity index (χ1n) is 8.11. The molecular formula is C18H28N2O. The number of amides is 1. The molecule has 0 radical (unpaired) electrons. The molecule has 116 valence electrons. The van der Waals surface area contributed by atoms with Crippen molar-refractivity contribution >= 4 is 11.6 Å². The summed E-state index contributed by atoms with van der Waals surface area (Å²) in [5.74, 6) is 0.675. The van der Waals surface area contributed by atoms with Crippen LogP contribution in [-0.4, -0.2) is 19.0 Å². The minimum Gasteiger partial charge on any atom is -0.384 e. The quantitative estimate of drug-likeness (QED) is 0.796. The van der Waals surface area contributed by atoms with E-state index in [0.717, 1.165) is 30.8 Å². The van der Waals surface area contributed by atoms with Crippen molar-refractivity contribution in [2.24, 2.45) is 11.3 Å². The molecule has 3 heteroatoms. The van der Waals surface area contributed by atoms with Gasteiger partial charge in [-0.3, -0.25) is 4.79 Å². The third kappa shape index (κ3) is 3.78. The molecule has 0 atom stereocenters. The van der Waals surface area contributed by atoms with Gasteiger partial charge in [0.05, 0.1) is 5.56 Å². The topological polar surface area (TPSA) is 41.1 Å². The lowest BCUT2D eigenvalue weighted by Crippen LogP contribution is -2.33. The minimum atomic E-state index is 0.0422. The zero-order chi connectivity index (χ0) is 15.5. The lowest BCUT2D eigenvalue weighted by atomic mass is 9.92. The van der Waals surface area contributed by atoms with Crippen molar-refractivity contribution in [3.05, 3.63) is 29.3 Å². The fraction of sp³-hybridized carbons (Fsp3) is 0.611. The Morgan fingerprint density at radius 1 is 1.33 bits per heavy atom. The van der Waals surface area contributed by atoms with Gasteiger partial charge in [-0.1, -0.05) is 26.8 Å². The standard InChI is InChI=1S/C18H28N2O/c1-5-10-19-16-11-14(4)6-7-15(16)17(21)20-12-18(8-9-18)13(2)3/h6-7,11,13,19H,5,8-10,12H2,1-4H3,(H,20,21). The molecule has 0 heterocycles. The van der Waals surface area contributed by atoms with E-state index in [1.165, 1.54) is 18.4 Å². The van der Waals surface area contributed by atoms with Crippen LogP contribution in [0.1, 0.15) is 56.0 Å². The van der Waals surface area contributed by atoms with Gasteiger partial charge in [0.25, 0.3) is 5.91 Å². The molecule has 0 unspecified atom stereocenters. The van der Waals surface area contributed by atoms with Crippen molar-refractivity contribution in [3.63, 3.8) is 0 Å². The van der Waals surface area contributed by atoms with Crippen molar-refractivity contribution in [2.75, 3.05) is 18.4 Å². The van der Waals surface area contributed by atoms with Crippen molar-refractivity contribution in [1.29, 1.82) is 0 Å². The van der Waals surface area contributed by atoms with Gasteiger partial charge in [-0.25, -0.2) is 0 Å². The van der Waals surface area contributed by atoms with E-state index in [2.05, 4.69) is 44.4 Å². The Bertz CT molecular complexity index is 504. The highest BCUT2D eigenvalue weighted by atomic mass is 16.1.